The van der Waals surface area contributed by atoms with Crippen LogP contribution in [0.1, 0.15) is 20.7 Å². The monoisotopic (exact) mass is 382 g/mol. The van der Waals surface area contributed by atoms with E-state index in [1.807, 2.05) is 66.7 Å². The maximum Gasteiger partial charge on any atom is 0.338 e. The van der Waals surface area contributed by atoms with Gasteiger partial charge in [-0.15, -0.1) is 0 Å². The van der Waals surface area contributed by atoms with Gasteiger partial charge < -0.3 is 9.47 Å². The van der Waals surface area contributed by atoms with Crippen molar-refractivity contribution < 1.29 is 19.1 Å². The Hall–Kier alpha value is -3.92. The molecule has 0 saturated heterocycles. The summed E-state index contributed by atoms with van der Waals surface area (Å²) in [6.45, 7) is -0.310. The van der Waals surface area contributed by atoms with Gasteiger partial charge in [0, 0.05) is 5.56 Å². The van der Waals surface area contributed by atoms with E-state index in [9.17, 15) is 9.59 Å². The van der Waals surface area contributed by atoms with Gasteiger partial charge in [-0.2, -0.15) is 0 Å². The summed E-state index contributed by atoms with van der Waals surface area (Å²) in [5.74, 6) is 0.534. The van der Waals surface area contributed by atoms with Gasteiger partial charge in [-0.05, 0) is 47.2 Å². The molecule has 4 aromatic rings. The third-order valence-electron chi connectivity index (χ3n) is 4.49. The van der Waals surface area contributed by atoms with Crippen LogP contribution in [0.15, 0.2) is 97.1 Å². The first-order chi connectivity index (χ1) is 14.2. The van der Waals surface area contributed by atoms with E-state index in [1.54, 1.807) is 30.3 Å². The number of carbonyl (C=O) groups excluding carboxylic acids is 2. The van der Waals surface area contributed by atoms with Gasteiger partial charge in [0.15, 0.2) is 6.61 Å². The summed E-state index contributed by atoms with van der Waals surface area (Å²) in [6, 6.07) is 29.1. The number of para-hydroxylation sites is 1. The second-order valence-electron chi connectivity index (χ2n) is 6.47. The van der Waals surface area contributed by atoms with Crippen LogP contribution in [0.4, 0.5) is 0 Å². The predicted molar refractivity (Wildman–Crippen MR) is 112 cm³/mol. The molecule has 0 aliphatic rings. The number of esters is 1. The summed E-state index contributed by atoms with van der Waals surface area (Å²) in [6.07, 6.45) is 0. The van der Waals surface area contributed by atoms with Crippen LogP contribution < -0.4 is 4.74 Å². The van der Waals surface area contributed by atoms with Crippen molar-refractivity contribution >= 4 is 22.5 Å². The van der Waals surface area contributed by atoms with Gasteiger partial charge >= 0.3 is 5.97 Å². The first kappa shape index (κ1) is 18.4. The van der Waals surface area contributed by atoms with Crippen molar-refractivity contribution in [1.29, 1.82) is 0 Å². The van der Waals surface area contributed by atoms with Crippen LogP contribution in [0, 0.1) is 0 Å². The minimum absolute atomic E-state index is 0.237. The Bertz CT molecular complexity index is 1140. The van der Waals surface area contributed by atoms with Crippen molar-refractivity contribution in [3.05, 3.63) is 108 Å². The van der Waals surface area contributed by atoms with Gasteiger partial charge in [0.05, 0.1) is 5.56 Å². The number of ether oxygens (including phenoxy) is 2. The molecule has 0 aliphatic carbocycles. The van der Waals surface area contributed by atoms with Crippen molar-refractivity contribution in [2.75, 3.05) is 6.61 Å². The molecule has 0 amide bonds. The zero-order valence-corrected chi connectivity index (χ0v) is 15.6. The maximum absolute atomic E-state index is 12.6. The second kappa shape index (κ2) is 8.40. The number of hydrogen-bond acceptors (Lipinski definition) is 4. The minimum Gasteiger partial charge on any atom is -0.457 e. The SMILES string of the molecule is O=C(OCC(=O)c1cccc2ccccc12)c1ccc(Oc2ccccc2)cc1. The summed E-state index contributed by atoms with van der Waals surface area (Å²) in [4.78, 5) is 24.9. The molecule has 4 nitrogen and oxygen atoms in total. The molecule has 0 aliphatic heterocycles. The summed E-state index contributed by atoms with van der Waals surface area (Å²) >= 11 is 0. The molecule has 0 aromatic heterocycles. The molecule has 29 heavy (non-hydrogen) atoms. The van der Waals surface area contributed by atoms with Crippen LogP contribution in [0.3, 0.4) is 0 Å². The largest absolute Gasteiger partial charge is 0.457 e. The number of fused-ring (bicyclic) bond motifs is 1. The van der Waals surface area contributed by atoms with E-state index >= 15 is 0 Å². The summed E-state index contributed by atoms with van der Waals surface area (Å²) < 4.78 is 10.9. The van der Waals surface area contributed by atoms with Crippen molar-refractivity contribution in [3.8, 4) is 11.5 Å². The lowest BCUT2D eigenvalue weighted by Gasteiger charge is -2.08. The molecule has 142 valence electrons. The summed E-state index contributed by atoms with van der Waals surface area (Å²) in [5.41, 5.74) is 0.902. The van der Waals surface area contributed by atoms with E-state index in [-0.39, 0.29) is 12.4 Å². The van der Waals surface area contributed by atoms with Gasteiger partial charge in [0.1, 0.15) is 11.5 Å². The van der Waals surface area contributed by atoms with E-state index in [2.05, 4.69) is 0 Å². The lowest BCUT2D eigenvalue weighted by atomic mass is 10.0. The average Bonchev–Trinajstić information content (AvgIpc) is 2.78. The van der Waals surface area contributed by atoms with Crippen LogP contribution >= 0.6 is 0 Å². The van der Waals surface area contributed by atoms with Crippen LogP contribution in [0.5, 0.6) is 11.5 Å². The molecular formula is C25H18O4. The van der Waals surface area contributed by atoms with E-state index in [4.69, 9.17) is 9.47 Å². The van der Waals surface area contributed by atoms with Gasteiger partial charge in [-0.3, -0.25) is 4.79 Å². The summed E-state index contributed by atoms with van der Waals surface area (Å²) in [7, 11) is 0. The molecule has 0 spiro atoms. The number of ketones is 1. The van der Waals surface area contributed by atoms with Gasteiger partial charge in [-0.25, -0.2) is 4.79 Å². The molecular weight excluding hydrogens is 364 g/mol. The molecule has 0 N–H and O–H groups in total. The fraction of sp³-hybridized carbons (Fsp3) is 0.0400. The molecule has 0 heterocycles. The molecule has 4 aromatic carbocycles. The quantitative estimate of drug-likeness (QED) is 0.318. The third kappa shape index (κ3) is 4.33. The predicted octanol–water partition coefficient (Wildman–Crippen LogP) is 5.67. The minimum atomic E-state index is -0.551. The smallest absolute Gasteiger partial charge is 0.338 e. The zero-order valence-electron chi connectivity index (χ0n) is 15.6. The summed E-state index contributed by atoms with van der Waals surface area (Å²) in [5, 5.41) is 1.82. The van der Waals surface area contributed by atoms with E-state index in [0.29, 0.717) is 22.6 Å². The van der Waals surface area contributed by atoms with E-state index < -0.39 is 5.97 Å². The number of hydrogen-bond donors (Lipinski definition) is 0. The zero-order chi connectivity index (χ0) is 20.1. The Kier molecular flexibility index (Phi) is 5.34. The highest BCUT2D eigenvalue weighted by molar-refractivity contribution is 6.09. The maximum atomic E-state index is 12.6. The molecule has 0 bridgehead atoms. The van der Waals surface area contributed by atoms with E-state index in [1.165, 1.54) is 0 Å². The highest BCUT2D eigenvalue weighted by Gasteiger charge is 2.14. The van der Waals surface area contributed by atoms with Crippen LogP contribution in [0.25, 0.3) is 10.8 Å². The second-order valence-corrected chi connectivity index (χ2v) is 6.47. The number of carbonyl (C=O) groups is 2. The Morgan fingerprint density at radius 2 is 1.31 bits per heavy atom. The molecule has 0 saturated carbocycles. The van der Waals surface area contributed by atoms with Gasteiger partial charge in [0.25, 0.3) is 0 Å². The highest BCUT2D eigenvalue weighted by atomic mass is 16.5. The Morgan fingerprint density at radius 3 is 2.10 bits per heavy atom. The topological polar surface area (TPSA) is 52.6 Å². The van der Waals surface area contributed by atoms with Crippen LogP contribution in [0.2, 0.25) is 0 Å². The lowest BCUT2D eigenvalue weighted by molar-refractivity contribution is 0.0475. The molecule has 4 heteroatoms. The van der Waals surface area contributed by atoms with Crippen molar-refractivity contribution in [3.63, 3.8) is 0 Å². The van der Waals surface area contributed by atoms with Crippen molar-refractivity contribution in [2.45, 2.75) is 0 Å². The Morgan fingerprint density at radius 1 is 0.655 bits per heavy atom. The molecule has 0 unspecified atom stereocenters. The highest BCUT2D eigenvalue weighted by Crippen LogP contribution is 2.22. The van der Waals surface area contributed by atoms with Crippen LogP contribution in [-0.2, 0) is 4.74 Å². The fourth-order valence-corrected chi connectivity index (χ4v) is 3.04. The average molecular weight is 382 g/mol. The van der Waals surface area contributed by atoms with Crippen LogP contribution in [-0.4, -0.2) is 18.4 Å². The van der Waals surface area contributed by atoms with E-state index in [0.717, 1.165) is 10.8 Å². The normalized spacial score (nSPS) is 10.5. The Labute approximate surface area is 168 Å². The lowest BCUT2D eigenvalue weighted by Crippen LogP contribution is -2.14. The standard InChI is InChI=1S/C25H18O4/c26-24(23-12-6-8-18-7-4-5-11-22(18)23)17-28-25(27)19-13-15-21(16-14-19)29-20-9-2-1-3-10-20/h1-16H,17H2. The number of Topliss-reactive ketones (excluding diaryl/α,β-unsaturated/α-hetero) is 1. The van der Waals surface area contributed by atoms with Crippen molar-refractivity contribution in [1.82, 2.24) is 0 Å². The number of benzene rings is 4. The molecule has 0 radical (unpaired) electrons. The first-order valence-electron chi connectivity index (χ1n) is 9.22. The molecule has 4 rings (SSSR count). The third-order valence-corrected chi connectivity index (χ3v) is 4.49. The molecule has 0 fully saturated rings. The molecule has 0 atom stereocenters. The first-order valence-corrected chi connectivity index (χ1v) is 9.22. The van der Waals surface area contributed by atoms with Gasteiger partial charge in [0.2, 0.25) is 5.78 Å². The fourth-order valence-electron chi connectivity index (χ4n) is 3.04. The number of rotatable bonds is 6. The van der Waals surface area contributed by atoms with Gasteiger partial charge in [-0.1, -0.05) is 60.7 Å². The Balaban J connectivity index is 1.39. The van der Waals surface area contributed by atoms with Crippen molar-refractivity contribution in [2.24, 2.45) is 0 Å².